The van der Waals surface area contributed by atoms with E-state index in [2.05, 4.69) is 19.2 Å². The molecule has 2 fully saturated rings. The Kier molecular flexibility index (Phi) is 4.48. The van der Waals surface area contributed by atoms with E-state index in [0.29, 0.717) is 6.10 Å². The van der Waals surface area contributed by atoms with Crippen LogP contribution in [-0.2, 0) is 4.74 Å². The third-order valence-corrected chi connectivity index (χ3v) is 5.06. The first-order valence-electron chi connectivity index (χ1n) is 7.48. The van der Waals surface area contributed by atoms with Gasteiger partial charge in [0.1, 0.15) is 0 Å². The van der Waals surface area contributed by atoms with Crippen LogP contribution in [0.3, 0.4) is 0 Å². The summed E-state index contributed by atoms with van der Waals surface area (Å²) in [6.07, 6.45) is 9.60. The zero-order chi connectivity index (χ0) is 12.3. The van der Waals surface area contributed by atoms with Crippen LogP contribution in [0, 0.1) is 11.8 Å². The van der Waals surface area contributed by atoms with Crippen LogP contribution in [-0.4, -0.2) is 25.3 Å². The highest BCUT2D eigenvalue weighted by Crippen LogP contribution is 2.42. The van der Waals surface area contributed by atoms with Crippen molar-refractivity contribution in [3.63, 3.8) is 0 Å². The summed E-state index contributed by atoms with van der Waals surface area (Å²) in [7, 11) is 2.04. The van der Waals surface area contributed by atoms with E-state index < -0.39 is 0 Å². The number of hydrogen-bond donors (Lipinski definition) is 1. The minimum absolute atomic E-state index is 0.244. The molecule has 2 aliphatic rings. The van der Waals surface area contributed by atoms with Crippen molar-refractivity contribution in [1.82, 2.24) is 5.32 Å². The lowest BCUT2D eigenvalue weighted by molar-refractivity contribution is -0.158. The maximum atomic E-state index is 6.50. The van der Waals surface area contributed by atoms with Gasteiger partial charge in [-0.25, -0.2) is 0 Å². The Bertz CT molecular complexity index is 237. The van der Waals surface area contributed by atoms with Gasteiger partial charge >= 0.3 is 0 Å². The number of hydrogen-bond acceptors (Lipinski definition) is 2. The normalized spacial score (nSPS) is 36.5. The molecule has 2 nitrogen and oxygen atoms in total. The van der Waals surface area contributed by atoms with Crippen LogP contribution >= 0.6 is 0 Å². The third-order valence-electron chi connectivity index (χ3n) is 5.06. The van der Waals surface area contributed by atoms with E-state index in [4.69, 9.17) is 4.74 Å². The molecule has 0 aliphatic heterocycles. The molecule has 2 saturated carbocycles. The predicted octanol–water partition coefficient (Wildman–Crippen LogP) is 3.36. The summed E-state index contributed by atoms with van der Waals surface area (Å²) in [5, 5.41) is 3.26. The molecule has 0 amide bonds. The zero-order valence-electron chi connectivity index (χ0n) is 11.8. The molecule has 0 bridgehead atoms. The van der Waals surface area contributed by atoms with E-state index in [1.807, 2.05) is 7.05 Å². The summed E-state index contributed by atoms with van der Waals surface area (Å²) in [6.45, 7) is 5.88. The molecule has 0 saturated heterocycles. The summed E-state index contributed by atoms with van der Waals surface area (Å²) in [5.74, 6) is 1.74. The van der Waals surface area contributed by atoms with Crippen LogP contribution in [0.25, 0.3) is 0 Å². The molecule has 0 aromatic carbocycles. The minimum atomic E-state index is 0.244. The first-order chi connectivity index (χ1) is 8.15. The van der Waals surface area contributed by atoms with Gasteiger partial charge in [0.15, 0.2) is 0 Å². The average molecular weight is 239 g/mol. The van der Waals surface area contributed by atoms with E-state index in [-0.39, 0.29) is 5.60 Å². The quantitative estimate of drug-likeness (QED) is 0.794. The van der Waals surface area contributed by atoms with Gasteiger partial charge in [-0.05, 0) is 70.4 Å². The van der Waals surface area contributed by atoms with Crippen LogP contribution in [0.15, 0.2) is 0 Å². The Morgan fingerprint density at radius 1 is 1.18 bits per heavy atom. The summed E-state index contributed by atoms with van der Waals surface area (Å²) in [4.78, 5) is 0. The molecule has 3 unspecified atom stereocenters. The first-order valence-corrected chi connectivity index (χ1v) is 7.48. The summed E-state index contributed by atoms with van der Waals surface area (Å²) >= 11 is 0. The molecule has 2 heteroatoms. The van der Waals surface area contributed by atoms with Crippen LogP contribution in [0.2, 0.25) is 0 Å². The van der Waals surface area contributed by atoms with Gasteiger partial charge in [0.05, 0.1) is 11.7 Å². The van der Waals surface area contributed by atoms with Crippen molar-refractivity contribution in [1.29, 1.82) is 0 Å². The summed E-state index contributed by atoms with van der Waals surface area (Å²) in [6, 6.07) is 0. The van der Waals surface area contributed by atoms with Gasteiger partial charge in [0.2, 0.25) is 0 Å². The number of ether oxygens (including phenoxy) is 1. The Morgan fingerprint density at radius 2 is 1.94 bits per heavy atom. The van der Waals surface area contributed by atoms with Gasteiger partial charge in [-0.1, -0.05) is 13.8 Å². The monoisotopic (exact) mass is 239 g/mol. The van der Waals surface area contributed by atoms with E-state index in [1.54, 1.807) is 0 Å². The smallest absolute Gasteiger partial charge is 0.0698 e. The van der Waals surface area contributed by atoms with E-state index in [0.717, 1.165) is 18.4 Å². The second kappa shape index (κ2) is 5.71. The minimum Gasteiger partial charge on any atom is -0.372 e. The fourth-order valence-electron chi connectivity index (χ4n) is 3.31. The fraction of sp³-hybridized carbons (Fsp3) is 1.00. The Hall–Kier alpha value is -0.0800. The predicted molar refractivity (Wildman–Crippen MR) is 72.2 cm³/mol. The molecule has 0 aromatic heterocycles. The maximum absolute atomic E-state index is 6.50. The van der Waals surface area contributed by atoms with Gasteiger partial charge in [-0.15, -0.1) is 0 Å². The highest BCUT2D eigenvalue weighted by atomic mass is 16.5. The van der Waals surface area contributed by atoms with Gasteiger partial charge in [0, 0.05) is 0 Å². The molecule has 2 aliphatic carbocycles. The maximum Gasteiger partial charge on any atom is 0.0698 e. The Morgan fingerprint density at radius 3 is 2.47 bits per heavy atom. The second-order valence-electron chi connectivity index (χ2n) is 6.40. The SMILES string of the molecule is CNCCC1(OC2CCC(C)C(C)C2)CCC1. The van der Waals surface area contributed by atoms with Crippen molar-refractivity contribution < 1.29 is 4.74 Å². The van der Waals surface area contributed by atoms with Crippen LogP contribution in [0.5, 0.6) is 0 Å². The van der Waals surface area contributed by atoms with Crippen molar-refractivity contribution in [2.75, 3.05) is 13.6 Å². The molecule has 17 heavy (non-hydrogen) atoms. The van der Waals surface area contributed by atoms with Crippen molar-refractivity contribution in [2.45, 2.75) is 70.5 Å². The summed E-state index contributed by atoms with van der Waals surface area (Å²) < 4.78 is 6.50. The third kappa shape index (κ3) is 3.23. The number of rotatable bonds is 5. The van der Waals surface area contributed by atoms with Crippen molar-refractivity contribution in [3.8, 4) is 0 Å². The topological polar surface area (TPSA) is 21.3 Å². The Balaban J connectivity index is 1.82. The lowest BCUT2D eigenvalue weighted by Crippen LogP contribution is -2.46. The summed E-state index contributed by atoms with van der Waals surface area (Å²) in [5.41, 5.74) is 0.244. The zero-order valence-corrected chi connectivity index (χ0v) is 11.8. The molecular formula is C15H29NO. The molecular weight excluding hydrogens is 210 g/mol. The van der Waals surface area contributed by atoms with Crippen LogP contribution in [0.4, 0.5) is 0 Å². The first kappa shape index (κ1) is 13.4. The molecule has 2 rings (SSSR count). The second-order valence-corrected chi connectivity index (χ2v) is 6.40. The van der Waals surface area contributed by atoms with Crippen molar-refractivity contribution >= 4 is 0 Å². The Labute approximate surface area is 107 Å². The van der Waals surface area contributed by atoms with E-state index in [1.165, 1.54) is 44.9 Å². The molecule has 3 atom stereocenters. The molecule has 100 valence electrons. The lowest BCUT2D eigenvalue weighted by atomic mass is 9.75. The van der Waals surface area contributed by atoms with Gasteiger partial charge in [0.25, 0.3) is 0 Å². The van der Waals surface area contributed by atoms with Gasteiger partial charge in [-0.3, -0.25) is 0 Å². The fourth-order valence-corrected chi connectivity index (χ4v) is 3.31. The van der Waals surface area contributed by atoms with Crippen molar-refractivity contribution in [3.05, 3.63) is 0 Å². The average Bonchev–Trinajstić information content (AvgIpc) is 2.27. The number of nitrogens with one attached hydrogen (secondary N) is 1. The van der Waals surface area contributed by atoms with Crippen LogP contribution in [0.1, 0.15) is 58.8 Å². The van der Waals surface area contributed by atoms with Crippen molar-refractivity contribution in [2.24, 2.45) is 11.8 Å². The molecule has 1 N–H and O–H groups in total. The highest BCUT2D eigenvalue weighted by Gasteiger charge is 2.40. The van der Waals surface area contributed by atoms with E-state index in [9.17, 15) is 0 Å². The molecule has 0 radical (unpaired) electrons. The van der Waals surface area contributed by atoms with Crippen LogP contribution < -0.4 is 5.32 Å². The largest absolute Gasteiger partial charge is 0.372 e. The highest BCUT2D eigenvalue weighted by molar-refractivity contribution is 4.92. The molecule has 0 spiro atoms. The molecule has 0 aromatic rings. The molecule has 0 heterocycles. The van der Waals surface area contributed by atoms with Gasteiger partial charge in [-0.2, -0.15) is 0 Å². The standard InChI is InChI=1S/C15H29NO/c1-12-5-6-14(11-13(12)2)17-15(7-4-8-15)9-10-16-3/h12-14,16H,4-11H2,1-3H3. The van der Waals surface area contributed by atoms with E-state index >= 15 is 0 Å². The lowest BCUT2D eigenvalue weighted by Gasteiger charge is -2.46. The van der Waals surface area contributed by atoms with Gasteiger partial charge < -0.3 is 10.1 Å².